The molecule has 2 aromatic carbocycles. The van der Waals surface area contributed by atoms with E-state index in [2.05, 4.69) is 4.98 Å². The van der Waals surface area contributed by atoms with Crippen molar-refractivity contribution in [2.75, 3.05) is 32.7 Å². The van der Waals surface area contributed by atoms with Crippen LogP contribution in [0.15, 0.2) is 42.6 Å². The maximum atomic E-state index is 14.3. The van der Waals surface area contributed by atoms with Crippen LogP contribution in [0.25, 0.3) is 10.9 Å². The van der Waals surface area contributed by atoms with E-state index in [1.807, 2.05) is 30.1 Å². The van der Waals surface area contributed by atoms with Gasteiger partial charge in [0, 0.05) is 19.8 Å². The van der Waals surface area contributed by atoms with E-state index in [0.29, 0.717) is 30.2 Å². The Morgan fingerprint density at radius 2 is 1.69 bits per heavy atom. The minimum absolute atomic E-state index is 0.0421. The molecule has 0 N–H and O–H groups in total. The number of ether oxygens (including phenoxy) is 2. The van der Waals surface area contributed by atoms with E-state index >= 15 is 0 Å². The van der Waals surface area contributed by atoms with Gasteiger partial charge in [0.2, 0.25) is 0 Å². The Morgan fingerprint density at radius 1 is 0.962 bits per heavy atom. The first kappa shape index (κ1) is 17.9. The third kappa shape index (κ3) is 3.40. The van der Waals surface area contributed by atoms with Crippen molar-refractivity contribution in [3.8, 4) is 11.5 Å². The Morgan fingerprint density at radius 3 is 2.42 bits per heavy atom. The third-order valence-corrected chi connectivity index (χ3v) is 4.37. The van der Waals surface area contributed by atoms with Gasteiger partial charge in [-0.1, -0.05) is 6.07 Å². The first-order valence-corrected chi connectivity index (χ1v) is 8.20. The van der Waals surface area contributed by atoms with Crippen molar-refractivity contribution in [1.82, 2.24) is 4.98 Å². The van der Waals surface area contributed by atoms with Crippen molar-refractivity contribution in [2.45, 2.75) is 6.42 Å². The standard InChI is InChI=1S/C20H20F2N2O2/c1-24(11-9-13-4-7-17(25-2)18(12-13)26-3)16-8-10-23-20-15(22)6-5-14(21)19(16)20/h4-8,10,12H,9,11H2,1-3H3. The highest BCUT2D eigenvalue weighted by Crippen LogP contribution is 2.30. The fraction of sp³-hybridized carbons (Fsp3) is 0.250. The Hall–Kier alpha value is -2.89. The number of pyridine rings is 1. The molecule has 136 valence electrons. The Bertz CT molecular complexity index is 931. The van der Waals surface area contributed by atoms with Crippen molar-refractivity contribution in [3.63, 3.8) is 0 Å². The summed E-state index contributed by atoms with van der Waals surface area (Å²) in [7, 11) is 5.03. The van der Waals surface area contributed by atoms with Gasteiger partial charge in [0.15, 0.2) is 11.5 Å². The van der Waals surface area contributed by atoms with Crippen molar-refractivity contribution in [1.29, 1.82) is 0 Å². The van der Waals surface area contributed by atoms with Crippen LogP contribution in [-0.2, 0) is 6.42 Å². The van der Waals surface area contributed by atoms with Crippen molar-refractivity contribution in [2.24, 2.45) is 0 Å². The summed E-state index contributed by atoms with van der Waals surface area (Å²) < 4.78 is 38.8. The topological polar surface area (TPSA) is 34.6 Å². The second kappa shape index (κ2) is 7.56. The van der Waals surface area contributed by atoms with E-state index in [-0.39, 0.29) is 10.9 Å². The molecule has 6 heteroatoms. The minimum atomic E-state index is -0.531. The molecule has 0 spiro atoms. The van der Waals surface area contributed by atoms with Crippen molar-refractivity contribution in [3.05, 3.63) is 59.8 Å². The Kier molecular flexibility index (Phi) is 5.21. The SMILES string of the molecule is COc1ccc(CCN(C)c2ccnc3c(F)ccc(F)c23)cc1OC. The highest BCUT2D eigenvalue weighted by Gasteiger charge is 2.14. The molecular weight excluding hydrogens is 338 g/mol. The fourth-order valence-electron chi connectivity index (χ4n) is 2.95. The molecule has 1 heterocycles. The van der Waals surface area contributed by atoms with E-state index in [0.717, 1.165) is 17.7 Å². The molecule has 0 aliphatic carbocycles. The number of hydrogen-bond donors (Lipinski definition) is 0. The van der Waals surface area contributed by atoms with Gasteiger partial charge in [0.1, 0.15) is 17.2 Å². The lowest BCUT2D eigenvalue weighted by molar-refractivity contribution is 0.354. The van der Waals surface area contributed by atoms with Crippen LogP contribution in [-0.4, -0.2) is 32.8 Å². The number of aromatic nitrogens is 1. The van der Waals surface area contributed by atoms with Gasteiger partial charge >= 0.3 is 0 Å². The predicted octanol–water partition coefficient (Wildman–Crippen LogP) is 4.21. The van der Waals surface area contributed by atoms with Gasteiger partial charge in [0.25, 0.3) is 0 Å². The van der Waals surface area contributed by atoms with Crippen molar-refractivity contribution >= 4 is 16.6 Å². The van der Waals surface area contributed by atoms with Crippen LogP contribution in [0.4, 0.5) is 14.5 Å². The molecule has 0 saturated heterocycles. The number of methoxy groups -OCH3 is 2. The number of anilines is 1. The zero-order chi connectivity index (χ0) is 18.7. The molecule has 0 aliphatic heterocycles. The van der Waals surface area contributed by atoms with Crippen LogP contribution in [0.3, 0.4) is 0 Å². The lowest BCUT2D eigenvalue weighted by Gasteiger charge is -2.21. The maximum absolute atomic E-state index is 14.3. The summed E-state index contributed by atoms with van der Waals surface area (Å²) in [5.41, 5.74) is 1.70. The third-order valence-electron chi connectivity index (χ3n) is 4.37. The summed E-state index contributed by atoms with van der Waals surface area (Å²) >= 11 is 0. The molecule has 0 saturated carbocycles. The first-order valence-electron chi connectivity index (χ1n) is 8.20. The fourth-order valence-corrected chi connectivity index (χ4v) is 2.95. The first-order chi connectivity index (χ1) is 12.5. The van der Waals surface area contributed by atoms with Crippen LogP contribution < -0.4 is 14.4 Å². The number of rotatable bonds is 6. The number of fused-ring (bicyclic) bond motifs is 1. The Labute approximate surface area is 151 Å². The number of likely N-dealkylation sites (N-methyl/N-ethyl adjacent to an activating group) is 1. The van der Waals surface area contributed by atoms with E-state index < -0.39 is 11.6 Å². The molecule has 0 aliphatic rings. The lowest BCUT2D eigenvalue weighted by atomic mass is 10.1. The average Bonchev–Trinajstić information content (AvgIpc) is 2.68. The number of benzene rings is 2. The van der Waals surface area contributed by atoms with E-state index in [9.17, 15) is 8.78 Å². The van der Waals surface area contributed by atoms with Crippen LogP contribution in [0.2, 0.25) is 0 Å². The zero-order valence-corrected chi connectivity index (χ0v) is 14.9. The lowest BCUT2D eigenvalue weighted by Crippen LogP contribution is -2.21. The summed E-state index contributed by atoms with van der Waals surface area (Å²) in [6.07, 6.45) is 2.20. The molecule has 0 bridgehead atoms. The minimum Gasteiger partial charge on any atom is -0.493 e. The van der Waals surface area contributed by atoms with Gasteiger partial charge < -0.3 is 14.4 Å². The van der Waals surface area contributed by atoms with Crippen LogP contribution in [0.1, 0.15) is 5.56 Å². The molecular formula is C20H20F2N2O2. The summed E-state index contributed by atoms with van der Waals surface area (Å²) in [5, 5.41) is 0.197. The molecule has 3 rings (SSSR count). The molecule has 0 atom stereocenters. The predicted molar refractivity (Wildman–Crippen MR) is 98.2 cm³/mol. The smallest absolute Gasteiger partial charge is 0.160 e. The average molecular weight is 358 g/mol. The van der Waals surface area contributed by atoms with Gasteiger partial charge in [-0.25, -0.2) is 8.78 Å². The number of nitrogens with zero attached hydrogens (tertiary/aromatic N) is 2. The normalized spacial score (nSPS) is 10.8. The van der Waals surface area contributed by atoms with Crippen LogP contribution in [0, 0.1) is 11.6 Å². The van der Waals surface area contributed by atoms with Crippen molar-refractivity contribution < 1.29 is 18.3 Å². The van der Waals surface area contributed by atoms with E-state index in [1.54, 1.807) is 20.3 Å². The van der Waals surface area contributed by atoms with E-state index in [1.165, 1.54) is 6.20 Å². The maximum Gasteiger partial charge on any atom is 0.160 e. The van der Waals surface area contributed by atoms with Gasteiger partial charge in [-0.05, 0) is 42.3 Å². The molecule has 0 unspecified atom stereocenters. The highest BCUT2D eigenvalue weighted by molar-refractivity contribution is 5.92. The van der Waals surface area contributed by atoms with Crippen LogP contribution in [0.5, 0.6) is 11.5 Å². The molecule has 1 aromatic heterocycles. The number of hydrogen-bond acceptors (Lipinski definition) is 4. The van der Waals surface area contributed by atoms with Gasteiger partial charge in [0.05, 0.1) is 25.3 Å². The van der Waals surface area contributed by atoms with Gasteiger partial charge in [-0.2, -0.15) is 0 Å². The second-order valence-electron chi connectivity index (χ2n) is 5.94. The quantitative estimate of drug-likeness (QED) is 0.661. The number of halogens is 2. The molecule has 4 nitrogen and oxygen atoms in total. The highest BCUT2D eigenvalue weighted by atomic mass is 19.1. The monoisotopic (exact) mass is 358 g/mol. The molecule has 0 fully saturated rings. The largest absolute Gasteiger partial charge is 0.493 e. The summed E-state index contributed by atoms with van der Waals surface area (Å²) in [6, 6.07) is 9.64. The molecule has 26 heavy (non-hydrogen) atoms. The van der Waals surface area contributed by atoms with E-state index in [4.69, 9.17) is 9.47 Å². The molecule has 0 amide bonds. The Balaban J connectivity index is 1.84. The summed E-state index contributed by atoms with van der Waals surface area (Å²) in [6.45, 7) is 0.616. The van der Waals surface area contributed by atoms with Crippen LogP contribution >= 0.6 is 0 Å². The zero-order valence-electron chi connectivity index (χ0n) is 14.9. The second-order valence-corrected chi connectivity index (χ2v) is 5.94. The molecule has 0 radical (unpaired) electrons. The van der Waals surface area contributed by atoms with Gasteiger partial charge in [-0.3, -0.25) is 4.98 Å². The summed E-state index contributed by atoms with van der Waals surface area (Å²) in [5.74, 6) is 0.316. The molecule has 3 aromatic rings. The summed E-state index contributed by atoms with van der Waals surface area (Å²) in [4.78, 5) is 5.86. The van der Waals surface area contributed by atoms with Gasteiger partial charge in [-0.15, -0.1) is 0 Å².